The molecule has 0 radical (unpaired) electrons. The number of aromatic amines is 1. The molecule has 2 rings (SSSR count). The van der Waals surface area contributed by atoms with E-state index in [0.717, 1.165) is 6.04 Å². The van der Waals surface area contributed by atoms with Crippen LogP contribution in [0.1, 0.15) is 45.4 Å². The molecular weight excluding hydrogens is 196 g/mol. The van der Waals surface area contributed by atoms with Gasteiger partial charge in [0.1, 0.15) is 0 Å². The van der Waals surface area contributed by atoms with Crippen molar-refractivity contribution in [2.75, 3.05) is 0 Å². The maximum atomic E-state index is 3.36. The van der Waals surface area contributed by atoms with E-state index in [1.54, 1.807) is 0 Å². The highest BCUT2D eigenvalue weighted by Crippen LogP contribution is 2.26. The Balaban J connectivity index is 2.12. The summed E-state index contributed by atoms with van der Waals surface area (Å²) in [5, 5.41) is 0. The van der Waals surface area contributed by atoms with E-state index in [1.807, 2.05) is 0 Å². The van der Waals surface area contributed by atoms with Crippen LogP contribution in [0.2, 0.25) is 0 Å². The predicted octanol–water partition coefficient (Wildman–Crippen LogP) is 2.99. The molecule has 1 aromatic heterocycles. The molecule has 0 amide bonds. The third-order valence-corrected chi connectivity index (χ3v) is 3.73. The Labute approximate surface area is 99.0 Å². The van der Waals surface area contributed by atoms with Crippen LogP contribution in [-0.2, 0) is 12.8 Å². The summed E-state index contributed by atoms with van der Waals surface area (Å²) in [7, 11) is 0. The van der Waals surface area contributed by atoms with E-state index in [-0.39, 0.29) is 0 Å². The molecule has 0 spiro atoms. The van der Waals surface area contributed by atoms with E-state index < -0.39 is 0 Å². The van der Waals surface area contributed by atoms with Crippen LogP contribution in [0.5, 0.6) is 0 Å². The summed E-state index contributed by atoms with van der Waals surface area (Å²) < 4.78 is 0. The number of aromatic nitrogens is 1. The van der Waals surface area contributed by atoms with Gasteiger partial charge in [0.2, 0.25) is 0 Å². The van der Waals surface area contributed by atoms with Gasteiger partial charge in [-0.25, -0.2) is 0 Å². The van der Waals surface area contributed by atoms with E-state index >= 15 is 0 Å². The summed E-state index contributed by atoms with van der Waals surface area (Å²) in [6.07, 6.45) is 5.81. The van der Waals surface area contributed by atoms with Crippen LogP contribution >= 0.6 is 0 Å². The standard InChI is InChI=1S/C14H24N2/c1-10(2)16(11(3)4)13-5-6-14-12(9-13)7-8-15-14/h7-8,10-11,13,15H,5-6,9H2,1-4H3/t13-/m0/s1. The second-order valence-corrected chi connectivity index (χ2v) is 5.51. The van der Waals surface area contributed by atoms with Crippen molar-refractivity contribution >= 4 is 0 Å². The van der Waals surface area contributed by atoms with Gasteiger partial charge in [-0.1, -0.05) is 0 Å². The summed E-state index contributed by atoms with van der Waals surface area (Å²) in [6.45, 7) is 9.25. The molecule has 16 heavy (non-hydrogen) atoms. The number of hydrogen-bond acceptors (Lipinski definition) is 1. The number of hydrogen-bond donors (Lipinski definition) is 1. The number of fused-ring (bicyclic) bond motifs is 1. The Morgan fingerprint density at radius 1 is 1.25 bits per heavy atom. The lowest BCUT2D eigenvalue weighted by Crippen LogP contribution is -2.47. The fourth-order valence-electron chi connectivity index (χ4n) is 3.22. The molecule has 1 heterocycles. The molecule has 1 atom stereocenters. The Hall–Kier alpha value is -0.760. The molecule has 0 unspecified atom stereocenters. The third-order valence-electron chi connectivity index (χ3n) is 3.73. The minimum absolute atomic E-state index is 0.644. The minimum Gasteiger partial charge on any atom is -0.365 e. The minimum atomic E-state index is 0.644. The molecule has 0 saturated carbocycles. The highest BCUT2D eigenvalue weighted by molar-refractivity contribution is 5.24. The molecule has 0 fully saturated rings. The van der Waals surface area contributed by atoms with E-state index in [9.17, 15) is 0 Å². The third kappa shape index (κ3) is 2.17. The summed E-state index contributed by atoms with van der Waals surface area (Å²) in [6, 6.07) is 4.26. The Bertz CT molecular complexity index is 330. The first kappa shape index (κ1) is 11.7. The lowest BCUT2D eigenvalue weighted by molar-refractivity contribution is 0.102. The van der Waals surface area contributed by atoms with Crippen molar-refractivity contribution in [2.45, 2.75) is 65.1 Å². The van der Waals surface area contributed by atoms with Crippen LogP contribution in [0.25, 0.3) is 0 Å². The SMILES string of the molecule is CC(C)N(C(C)C)[C@H]1CCc2[nH]ccc2C1. The lowest BCUT2D eigenvalue weighted by atomic mass is 9.91. The fraction of sp³-hybridized carbons (Fsp3) is 0.714. The van der Waals surface area contributed by atoms with Gasteiger partial charge in [-0.15, -0.1) is 0 Å². The average Bonchev–Trinajstić information content (AvgIpc) is 2.63. The van der Waals surface area contributed by atoms with Gasteiger partial charge >= 0.3 is 0 Å². The maximum absolute atomic E-state index is 3.36. The first-order valence-electron chi connectivity index (χ1n) is 6.52. The molecule has 0 aromatic carbocycles. The number of nitrogens with zero attached hydrogens (tertiary/aromatic N) is 1. The summed E-state index contributed by atoms with van der Waals surface area (Å²) >= 11 is 0. The fourth-order valence-corrected chi connectivity index (χ4v) is 3.22. The zero-order valence-electron chi connectivity index (χ0n) is 11.0. The Kier molecular flexibility index (Phi) is 3.38. The number of H-pyrrole nitrogens is 1. The van der Waals surface area contributed by atoms with Crippen molar-refractivity contribution in [1.29, 1.82) is 0 Å². The molecule has 1 aliphatic rings. The van der Waals surface area contributed by atoms with Crippen molar-refractivity contribution < 1.29 is 0 Å². The molecule has 90 valence electrons. The van der Waals surface area contributed by atoms with Gasteiger partial charge in [0.15, 0.2) is 0 Å². The summed E-state index contributed by atoms with van der Waals surface area (Å²) in [5.74, 6) is 0. The highest BCUT2D eigenvalue weighted by Gasteiger charge is 2.27. The molecular formula is C14H24N2. The summed E-state index contributed by atoms with van der Waals surface area (Å²) in [5.41, 5.74) is 2.99. The zero-order chi connectivity index (χ0) is 11.7. The predicted molar refractivity (Wildman–Crippen MR) is 68.7 cm³/mol. The monoisotopic (exact) mass is 220 g/mol. The van der Waals surface area contributed by atoms with Gasteiger partial charge in [0.25, 0.3) is 0 Å². The van der Waals surface area contributed by atoms with E-state index in [0.29, 0.717) is 12.1 Å². The first-order valence-corrected chi connectivity index (χ1v) is 6.52. The Morgan fingerprint density at radius 2 is 1.94 bits per heavy atom. The van der Waals surface area contributed by atoms with Gasteiger partial charge in [-0.05, 0) is 58.6 Å². The topological polar surface area (TPSA) is 19.0 Å². The maximum Gasteiger partial charge on any atom is 0.0180 e. The molecule has 1 N–H and O–H groups in total. The molecule has 1 aromatic rings. The molecule has 0 aliphatic heterocycles. The van der Waals surface area contributed by atoms with Crippen LogP contribution in [-0.4, -0.2) is 28.0 Å². The van der Waals surface area contributed by atoms with Crippen LogP contribution in [0, 0.1) is 0 Å². The molecule has 0 bridgehead atoms. The molecule has 1 aliphatic carbocycles. The number of rotatable bonds is 3. The van der Waals surface area contributed by atoms with Gasteiger partial charge in [0.05, 0.1) is 0 Å². The molecule has 0 saturated heterocycles. The molecule has 2 nitrogen and oxygen atoms in total. The summed E-state index contributed by atoms with van der Waals surface area (Å²) in [4.78, 5) is 6.02. The van der Waals surface area contributed by atoms with Crippen LogP contribution in [0.3, 0.4) is 0 Å². The van der Waals surface area contributed by atoms with Crippen molar-refractivity contribution in [3.8, 4) is 0 Å². The van der Waals surface area contributed by atoms with Gasteiger partial charge < -0.3 is 4.98 Å². The van der Waals surface area contributed by atoms with Crippen LogP contribution in [0.4, 0.5) is 0 Å². The van der Waals surface area contributed by atoms with E-state index in [2.05, 4.69) is 49.8 Å². The normalized spacial score (nSPS) is 20.8. The van der Waals surface area contributed by atoms with E-state index in [4.69, 9.17) is 0 Å². The lowest BCUT2D eigenvalue weighted by Gasteiger charge is -2.40. The van der Waals surface area contributed by atoms with Crippen molar-refractivity contribution in [3.05, 3.63) is 23.5 Å². The van der Waals surface area contributed by atoms with Gasteiger partial charge in [-0.3, -0.25) is 4.90 Å². The second-order valence-electron chi connectivity index (χ2n) is 5.51. The zero-order valence-corrected chi connectivity index (χ0v) is 11.0. The number of nitrogens with one attached hydrogen (secondary N) is 1. The average molecular weight is 220 g/mol. The highest BCUT2D eigenvalue weighted by atomic mass is 15.2. The molecule has 2 heteroatoms. The van der Waals surface area contributed by atoms with E-state index in [1.165, 1.54) is 30.5 Å². The number of aryl methyl sites for hydroxylation is 1. The van der Waals surface area contributed by atoms with Crippen molar-refractivity contribution in [1.82, 2.24) is 9.88 Å². The van der Waals surface area contributed by atoms with Gasteiger partial charge in [0, 0.05) is 30.0 Å². The smallest absolute Gasteiger partial charge is 0.0180 e. The largest absolute Gasteiger partial charge is 0.365 e. The van der Waals surface area contributed by atoms with Crippen molar-refractivity contribution in [2.24, 2.45) is 0 Å². The van der Waals surface area contributed by atoms with Crippen LogP contribution in [0.15, 0.2) is 12.3 Å². The van der Waals surface area contributed by atoms with Crippen molar-refractivity contribution in [3.63, 3.8) is 0 Å². The Morgan fingerprint density at radius 3 is 2.56 bits per heavy atom. The quantitative estimate of drug-likeness (QED) is 0.829. The van der Waals surface area contributed by atoms with Gasteiger partial charge in [-0.2, -0.15) is 0 Å². The second kappa shape index (κ2) is 4.62. The first-order chi connectivity index (χ1) is 7.59. The van der Waals surface area contributed by atoms with Crippen LogP contribution < -0.4 is 0 Å².